The smallest absolute Gasteiger partial charge is 0.306 e. The minimum absolute atomic E-state index is 0.188. The summed E-state index contributed by atoms with van der Waals surface area (Å²) in [6, 6.07) is 6.08. The molecule has 0 N–H and O–H groups in total. The van der Waals surface area contributed by atoms with Crippen LogP contribution in [0.1, 0.15) is 63.1 Å². The lowest BCUT2D eigenvalue weighted by atomic mass is 9.88. The Bertz CT molecular complexity index is 549. The zero-order valence-corrected chi connectivity index (χ0v) is 16.4. The Balaban J connectivity index is 2.86. The Kier molecular flexibility index (Phi) is 8.67. The molecule has 0 fully saturated rings. The van der Waals surface area contributed by atoms with Gasteiger partial charge in [0.1, 0.15) is 0 Å². The summed E-state index contributed by atoms with van der Waals surface area (Å²) in [5.41, 5.74) is 3.25. The van der Waals surface area contributed by atoms with Gasteiger partial charge in [0.05, 0.1) is 26.1 Å². The average Bonchev–Trinajstić information content (AvgIpc) is 2.50. The first-order valence-electron chi connectivity index (χ1n) is 9.07. The molecule has 0 atom stereocenters. The zero-order chi connectivity index (χ0) is 19.0. The van der Waals surface area contributed by atoms with Crippen LogP contribution in [0.15, 0.2) is 18.2 Å². The van der Waals surface area contributed by atoms with Crippen molar-refractivity contribution >= 4 is 11.9 Å². The molecule has 0 aromatic heterocycles. The van der Waals surface area contributed by atoms with Gasteiger partial charge in [-0.1, -0.05) is 51.5 Å². The predicted octanol–water partition coefficient (Wildman–Crippen LogP) is 4.57. The van der Waals surface area contributed by atoms with E-state index in [2.05, 4.69) is 6.07 Å². The van der Waals surface area contributed by atoms with E-state index < -0.39 is 0 Å². The number of ether oxygens (including phenoxy) is 2. The van der Waals surface area contributed by atoms with Gasteiger partial charge in [0, 0.05) is 5.92 Å². The first-order chi connectivity index (χ1) is 11.7. The van der Waals surface area contributed by atoms with Gasteiger partial charge in [-0.25, -0.2) is 0 Å². The van der Waals surface area contributed by atoms with E-state index in [1.807, 2.05) is 53.7 Å². The van der Waals surface area contributed by atoms with Crippen molar-refractivity contribution in [2.45, 2.75) is 60.3 Å². The standard InChI is InChI=1S/C21H32O4/c1-14(2)12-24-20(22)10-18(11-21(23)25-13-15(3)4)19-8-7-16(5)9-17(19)6/h7-9,14-15,18H,10-13H2,1-6H3. The lowest BCUT2D eigenvalue weighted by Gasteiger charge is -2.19. The second-order valence-electron chi connectivity index (χ2n) is 7.62. The van der Waals surface area contributed by atoms with E-state index in [0.29, 0.717) is 25.0 Å². The van der Waals surface area contributed by atoms with E-state index in [-0.39, 0.29) is 30.7 Å². The molecule has 0 heterocycles. The first-order valence-corrected chi connectivity index (χ1v) is 9.07. The van der Waals surface area contributed by atoms with Gasteiger partial charge in [-0.2, -0.15) is 0 Å². The Morgan fingerprint density at radius 1 is 0.880 bits per heavy atom. The van der Waals surface area contributed by atoms with Gasteiger partial charge in [-0.15, -0.1) is 0 Å². The number of aryl methyl sites for hydroxylation is 2. The molecule has 25 heavy (non-hydrogen) atoms. The summed E-state index contributed by atoms with van der Waals surface area (Å²) in [5, 5.41) is 0. The summed E-state index contributed by atoms with van der Waals surface area (Å²) in [6.45, 7) is 12.8. The van der Waals surface area contributed by atoms with Gasteiger partial charge < -0.3 is 9.47 Å². The van der Waals surface area contributed by atoms with E-state index in [4.69, 9.17) is 9.47 Å². The van der Waals surface area contributed by atoms with Gasteiger partial charge in [0.25, 0.3) is 0 Å². The van der Waals surface area contributed by atoms with Crippen LogP contribution in [0.3, 0.4) is 0 Å². The zero-order valence-electron chi connectivity index (χ0n) is 16.4. The summed E-state index contributed by atoms with van der Waals surface area (Å²) in [6.07, 6.45) is 0.376. The number of hydrogen-bond acceptors (Lipinski definition) is 4. The Morgan fingerprint density at radius 2 is 1.36 bits per heavy atom. The number of rotatable bonds is 9. The minimum atomic E-state index is -0.268. The van der Waals surface area contributed by atoms with Crippen LogP contribution in [-0.4, -0.2) is 25.2 Å². The van der Waals surface area contributed by atoms with Crippen molar-refractivity contribution in [2.24, 2.45) is 11.8 Å². The first kappa shape index (κ1) is 21.2. The van der Waals surface area contributed by atoms with Crippen LogP contribution in [-0.2, 0) is 19.1 Å². The van der Waals surface area contributed by atoms with Crippen molar-refractivity contribution in [3.05, 3.63) is 34.9 Å². The van der Waals surface area contributed by atoms with Crippen LogP contribution in [0.4, 0.5) is 0 Å². The lowest BCUT2D eigenvalue weighted by Crippen LogP contribution is -2.18. The van der Waals surface area contributed by atoms with E-state index in [9.17, 15) is 9.59 Å². The molecule has 0 amide bonds. The minimum Gasteiger partial charge on any atom is -0.465 e. The maximum atomic E-state index is 12.2. The molecule has 4 heteroatoms. The molecular weight excluding hydrogens is 316 g/mol. The fraction of sp³-hybridized carbons (Fsp3) is 0.619. The van der Waals surface area contributed by atoms with Crippen molar-refractivity contribution in [3.8, 4) is 0 Å². The Morgan fingerprint density at radius 3 is 1.76 bits per heavy atom. The van der Waals surface area contributed by atoms with E-state index >= 15 is 0 Å². The third-order valence-corrected chi connectivity index (χ3v) is 3.85. The highest BCUT2D eigenvalue weighted by atomic mass is 16.5. The maximum absolute atomic E-state index is 12.2. The molecule has 0 radical (unpaired) electrons. The van der Waals surface area contributed by atoms with Gasteiger partial charge in [-0.3, -0.25) is 9.59 Å². The van der Waals surface area contributed by atoms with Gasteiger partial charge in [0.15, 0.2) is 0 Å². The molecule has 0 aliphatic heterocycles. The predicted molar refractivity (Wildman–Crippen MR) is 99.5 cm³/mol. The summed E-state index contributed by atoms with van der Waals surface area (Å²) in [7, 11) is 0. The van der Waals surface area contributed by atoms with Crippen molar-refractivity contribution in [1.29, 1.82) is 0 Å². The van der Waals surface area contributed by atoms with Crippen LogP contribution in [0.25, 0.3) is 0 Å². The summed E-state index contributed by atoms with van der Waals surface area (Å²) in [5.74, 6) is -0.176. The van der Waals surface area contributed by atoms with Crippen LogP contribution in [0, 0.1) is 25.7 Å². The van der Waals surface area contributed by atoms with E-state index in [0.717, 1.165) is 16.7 Å². The van der Waals surface area contributed by atoms with E-state index in [1.165, 1.54) is 0 Å². The fourth-order valence-electron chi connectivity index (χ4n) is 2.62. The largest absolute Gasteiger partial charge is 0.465 e. The Hall–Kier alpha value is -1.84. The number of carbonyl (C=O) groups excluding carboxylic acids is 2. The molecule has 0 unspecified atom stereocenters. The molecule has 1 aromatic carbocycles. The van der Waals surface area contributed by atoms with Gasteiger partial charge in [0.2, 0.25) is 0 Å². The molecule has 0 saturated heterocycles. The quantitative estimate of drug-likeness (QED) is 0.614. The molecule has 1 aromatic rings. The monoisotopic (exact) mass is 348 g/mol. The van der Waals surface area contributed by atoms with Crippen LogP contribution in [0.5, 0.6) is 0 Å². The van der Waals surface area contributed by atoms with Gasteiger partial charge >= 0.3 is 11.9 Å². The summed E-state index contributed by atoms with van der Waals surface area (Å²) < 4.78 is 10.6. The molecular formula is C21H32O4. The van der Waals surface area contributed by atoms with Crippen molar-refractivity contribution in [3.63, 3.8) is 0 Å². The highest BCUT2D eigenvalue weighted by Crippen LogP contribution is 2.28. The topological polar surface area (TPSA) is 52.6 Å². The molecule has 0 aliphatic carbocycles. The molecule has 0 bridgehead atoms. The van der Waals surface area contributed by atoms with Gasteiger partial charge in [-0.05, 0) is 36.8 Å². The Labute approximate surface area is 151 Å². The number of benzene rings is 1. The van der Waals surface area contributed by atoms with Crippen LogP contribution < -0.4 is 0 Å². The molecule has 0 aliphatic rings. The number of esters is 2. The van der Waals surface area contributed by atoms with Crippen LogP contribution >= 0.6 is 0 Å². The molecule has 140 valence electrons. The maximum Gasteiger partial charge on any atom is 0.306 e. The van der Waals surface area contributed by atoms with Crippen molar-refractivity contribution in [2.75, 3.05) is 13.2 Å². The number of hydrogen-bond donors (Lipinski definition) is 0. The third-order valence-electron chi connectivity index (χ3n) is 3.85. The highest BCUT2D eigenvalue weighted by molar-refractivity contribution is 5.75. The fourth-order valence-corrected chi connectivity index (χ4v) is 2.62. The lowest BCUT2D eigenvalue weighted by molar-refractivity contribution is -0.147. The van der Waals surface area contributed by atoms with Crippen molar-refractivity contribution in [1.82, 2.24) is 0 Å². The summed E-state index contributed by atoms with van der Waals surface area (Å²) >= 11 is 0. The molecule has 0 saturated carbocycles. The second kappa shape index (κ2) is 10.2. The molecule has 0 spiro atoms. The second-order valence-corrected chi connectivity index (χ2v) is 7.62. The molecule has 1 rings (SSSR count). The normalized spacial score (nSPS) is 11.2. The molecule has 4 nitrogen and oxygen atoms in total. The third kappa shape index (κ3) is 8.19. The summed E-state index contributed by atoms with van der Waals surface area (Å²) in [4.78, 5) is 24.4. The highest BCUT2D eigenvalue weighted by Gasteiger charge is 2.23. The van der Waals surface area contributed by atoms with Crippen molar-refractivity contribution < 1.29 is 19.1 Å². The number of carbonyl (C=O) groups is 2. The average molecular weight is 348 g/mol. The van der Waals surface area contributed by atoms with Crippen LogP contribution in [0.2, 0.25) is 0 Å². The SMILES string of the molecule is Cc1ccc(C(CC(=O)OCC(C)C)CC(=O)OCC(C)C)c(C)c1. The van der Waals surface area contributed by atoms with E-state index in [1.54, 1.807) is 0 Å².